The van der Waals surface area contributed by atoms with Crippen LogP contribution < -0.4 is 4.74 Å². The molecular weight excluding hydrogens is 317 g/mol. The third kappa shape index (κ3) is 6.00. The Morgan fingerprint density at radius 1 is 1.08 bits per heavy atom. The molecule has 0 radical (unpaired) electrons. The minimum absolute atomic E-state index is 0.0713. The van der Waals surface area contributed by atoms with E-state index in [1.807, 2.05) is 0 Å². The molecule has 0 saturated heterocycles. The normalized spacial score (nSPS) is 23.0. The minimum atomic E-state index is -4.25. The van der Waals surface area contributed by atoms with Gasteiger partial charge in [0.2, 0.25) is 0 Å². The van der Waals surface area contributed by atoms with Crippen molar-refractivity contribution in [2.45, 2.75) is 45.2 Å². The highest BCUT2D eigenvalue weighted by Gasteiger charge is 2.39. The molecule has 1 aliphatic rings. The highest BCUT2D eigenvalue weighted by Crippen LogP contribution is 2.31. The maximum absolute atomic E-state index is 12.9. The number of halogens is 3. The first-order chi connectivity index (χ1) is 11.4. The molecule has 5 heteroatoms. The van der Waals surface area contributed by atoms with Gasteiger partial charge in [0, 0.05) is 7.11 Å². The van der Waals surface area contributed by atoms with Gasteiger partial charge in [-0.1, -0.05) is 31.9 Å². The SMILES string of the molecule is COCC(Cc1ccc(OCC2CCC(C)CC2)cc1)C(F)(F)F. The van der Waals surface area contributed by atoms with Crippen LogP contribution in [0.5, 0.6) is 5.75 Å². The molecule has 0 heterocycles. The molecule has 0 aliphatic heterocycles. The van der Waals surface area contributed by atoms with Crippen LogP contribution in [-0.2, 0) is 11.2 Å². The number of alkyl halides is 3. The Balaban J connectivity index is 1.83. The fraction of sp³-hybridized carbons (Fsp3) is 0.684. The summed E-state index contributed by atoms with van der Waals surface area (Å²) >= 11 is 0. The van der Waals surface area contributed by atoms with E-state index in [9.17, 15) is 13.2 Å². The molecule has 24 heavy (non-hydrogen) atoms. The Morgan fingerprint density at radius 3 is 2.25 bits per heavy atom. The zero-order valence-corrected chi connectivity index (χ0v) is 14.4. The van der Waals surface area contributed by atoms with Crippen molar-refractivity contribution in [2.75, 3.05) is 20.3 Å². The van der Waals surface area contributed by atoms with E-state index in [-0.39, 0.29) is 13.0 Å². The molecule has 0 N–H and O–H groups in total. The third-order valence-electron chi connectivity index (χ3n) is 4.86. The van der Waals surface area contributed by atoms with Crippen molar-refractivity contribution < 1.29 is 22.6 Å². The first-order valence-electron chi connectivity index (χ1n) is 8.66. The molecule has 1 atom stereocenters. The van der Waals surface area contributed by atoms with Crippen LogP contribution in [0.2, 0.25) is 0 Å². The number of methoxy groups -OCH3 is 1. The average Bonchev–Trinajstić information content (AvgIpc) is 2.54. The van der Waals surface area contributed by atoms with Crippen LogP contribution in [-0.4, -0.2) is 26.5 Å². The van der Waals surface area contributed by atoms with Gasteiger partial charge in [0.15, 0.2) is 0 Å². The third-order valence-corrected chi connectivity index (χ3v) is 4.86. The molecule has 1 unspecified atom stereocenters. The van der Waals surface area contributed by atoms with E-state index in [0.29, 0.717) is 18.1 Å². The lowest BCUT2D eigenvalue weighted by atomic mass is 9.83. The van der Waals surface area contributed by atoms with E-state index < -0.39 is 12.1 Å². The van der Waals surface area contributed by atoms with Crippen LogP contribution in [0.3, 0.4) is 0 Å². The van der Waals surface area contributed by atoms with Crippen molar-refractivity contribution in [1.29, 1.82) is 0 Å². The fourth-order valence-electron chi connectivity index (χ4n) is 3.19. The molecule has 1 aromatic carbocycles. The maximum atomic E-state index is 12.9. The van der Waals surface area contributed by atoms with Crippen LogP contribution in [0.4, 0.5) is 13.2 Å². The minimum Gasteiger partial charge on any atom is -0.493 e. The van der Waals surface area contributed by atoms with E-state index in [1.54, 1.807) is 24.3 Å². The summed E-state index contributed by atoms with van der Waals surface area (Å²) in [5.74, 6) is 0.664. The summed E-state index contributed by atoms with van der Waals surface area (Å²) in [6, 6.07) is 6.96. The molecule has 2 rings (SSSR count). The van der Waals surface area contributed by atoms with Crippen molar-refractivity contribution in [3.8, 4) is 5.75 Å². The predicted molar refractivity (Wildman–Crippen MR) is 88.2 cm³/mol. The Kier molecular flexibility index (Phi) is 6.96. The molecule has 136 valence electrons. The van der Waals surface area contributed by atoms with Gasteiger partial charge in [-0.2, -0.15) is 13.2 Å². The first-order valence-corrected chi connectivity index (χ1v) is 8.66. The summed E-state index contributed by atoms with van der Waals surface area (Å²) in [5, 5.41) is 0. The second-order valence-corrected chi connectivity index (χ2v) is 6.98. The lowest BCUT2D eigenvalue weighted by Gasteiger charge is -2.26. The van der Waals surface area contributed by atoms with Crippen molar-refractivity contribution in [2.24, 2.45) is 17.8 Å². The zero-order valence-electron chi connectivity index (χ0n) is 14.4. The van der Waals surface area contributed by atoms with E-state index in [4.69, 9.17) is 9.47 Å². The summed E-state index contributed by atoms with van der Waals surface area (Å²) in [4.78, 5) is 0. The molecule has 0 amide bonds. The van der Waals surface area contributed by atoms with Crippen LogP contribution in [0.1, 0.15) is 38.2 Å². The quantitative estimate of drug-likeness (QED) is 0.672. The van der Waals surface area contributed by atoms with E-state index in [0.717, 1.165) is 11.7 Å². The van der Waals surface area contributed by atoms with Gasteiger partial charge in [-0.3, -0.25) is 0 Å². The second kappa shape index (κ2) is 8.75. The molecular formula is C19H27F3O2. The zero-order chi connectivity index (χ0) is 17.6. The standard InChI is InChI=1S/C19H27F3O2/c1-14-3-5-16(6-4-14)12-24-18-9-7-15(8-10-18)11-17(13-23-2)19(20,21)22/h7-10,14,16-17H,3-6,11-13H2,1-2H3. The predicted octanol–water partition coefficient (Wildman–Crippen LogP) is 5.26. The number of rotatable bonds is 7. The summed E-state index contributed by atoms with van der Waals surface area (Å²) < 4.78 is 49.3. The monoisotopic (exact) mass is 344 g/mol. The Labute approximate surface area is 142 Å². The van der Waals surface area contributed by atoms with Gasteiger partial charge >= 0.3 is 6.18 Å². The maximum Gasteiger partial charge on any atom is 0.394 e. The largest absolute Gasteiger partial charge is 0.493 e. The van der Waals surface area contributed by atoms with Crippen molar-refractivity contribution in [3.63, 3.8) is 0 Å². The highest BCUT2D eigenvalue weighted by atomic mass is 19.4. The number of benzene rings is 1. The van der Waals surface area contributed by atoms with Gasteiger partial charge in [0.05, 0.1) is 19.1 Å². The molecule has 1 aliphatic carbocycles. The molecule has 2 nitrogen and oxygen atoms in total. The molecule has 0 spiro atoms. The Hall–Kier alpha value is -1.23. The van der Waals surface area contributed by atoms with E-state index in [1.165, 1.54) is 32.8 Å². The summed E-state index contributed by atoms with van der Waals surface area (Å²) in [5.41, 5.74) is 0.646. The van der Waals surface area contributed by atoms with Crippen molar-refractivity contribution in [1.82, 2.24) is 0 Å². The smallest absolute Gasteiger partial charge is 0.394 e. The fourth-order valence-corrected chi connectivity index (χ4v) is 3.19. The van der Waals surface area contributed by atoms with Crippen molar-refractivity contribution >= 4 is 0 Å². The molecule has 1 fully saturated rings. The highest BCUT2D eigenvalue weighted by molar-refractivity contribution is 5.27. The summed E-state index contributed by atoms with van der Waals surface area (Å²) in [7, 11) is 1.29. The summed E-state index contributed by atoms with van der Waals surface area (Å²) in [6.45, 7) is 2.66. The van der Waals surface area contributed by atoms with Gasteiger partial charge in [-0.05, 0) is 48.8 Å². The van der Waals surface area contributed by atoms with Crippen molar-refractivity contribution in [3.05, 3.63) is 29.8 Å². The van der Waals surface area contributed by atoms with Gasteiger partial charge in [0.25, 0.3) is 0 Å². The summed E-state index contributed by atoms with van der Waals surface area (Å²) in [6.07, 6.45) is 0.588. The van der Waals surface area contributed by atoms with Crippen LogP contribution in [0, 0.1) is 17.8 Å². The average molecular weight is 344 g/mol. The number of hydrogen-bond donors (Lipinski definition) is 0. The Bertz CT molecular complexity index is 476. The molecule has 1 aromatic rings. The lowest BCUT2D eigenvalue weighted by Crippen LogP contribution is -2.29. The van der Waals surface area contributed by atoms with Gasteiger partial charge < -0.3 is 9.47 Å². The van der Waals surface area contributed by atoms with Crippen LogP contribution in [0.15, 0.2) is 24.3 Å². The van der Waals surface area contributed by atoms with Crippen LogP contribution in [0.25, 0.3) is 0 Å². The number of ether oxygens (including phenoxy) is 2. The van der Waals surface area contributed by atoms with Crippen LogP contribution >= 0.6 is 0 Å². The molecule has 0 bridgehead atoms. The molecule has 1 saturated carbocycles. The Morgan fingerprint density at radius 2 is 1.71 bits per heavy atom. The first kappa shape index (κ1) is 19.1. The number of hydrogen-bond acceptors (Lipinski definition) is 2. The van der Waals surface area contributed by atoms with Gasteiger partial charge in [-0.15, -0.1) is 0 Å². The van der Waals surface area contributed by atoms with Gasteiger partial charge in [-0.25, -0.2) is 0 Å². The van der Waals surface area contributed by atoms with E-state index >= 15 is 0 Å². The second-order valence-electron chi connectivity index (χ2n) is 6.98. The lowest BCUT2D eigenvalue weighted by molar-refractivity contribution is -0.185. The van der Waals surface area contributed by atoms with E-state index in [2.05, 4.69) is 6.92 Å². The topological polar surface area (TPSA) is 18.5 Å². The van der Waals surface area contributed by atoms with Gasteiger partial charge in [0.1, 0.15) is 5.75 Å². The molecule has 0 aromatic heterocycles.